The molecule has 4 aromatic rings. The Hall–Kier alpha value is -3.38. The van der Waals surface area contributed by atoms with E-state index in [9.17, 15) is 13.6 Å². The van der Waals surface area contributed by atoms with Gasteiger partial charge in [-0.15, -0.1) is 0 Å². The number of rotatable bonds is 3. The number of amides is 2. The normalized spacial score (nSPS) is 12.7. The summed E-state index contributed by atoms with van der Waals surface area (Å²) in [5, 5.41) is 6.40. The fourth-order valence-corrected chi connectivity index (χ4v) is 4.26. The first-order valence-corrected chi connectivity index (χ1v) is 10.2. The summed E-state index contributed by atoms with van der Waals surface area (Å²) in [6.45, 7) is 0. The number of halogens is 3. The van der Waals surface area contributed by atoms with Crippen LogP contribution in [-0.2, 0) is 12.8 Å². The predicted octanol–water partition coefficient (Wildman–Crippen LogP) is 7.16. The lowest BCUT2D eigenvalue weighted by Gasteiger charge is -2.09. The third-order valence-electron chi connectivity index (χ3n) is 5.45. The molecule has 0 aliphatic heterocycles. The maximum absolute atomic E-state index is 13.9. The van der Waals surface area contributed by atoms with Gasteiger partial charge in [-0.2, -0.15) is 0 Å². The molecular weight excluding hydrogens is 422 g/mol. The number of carbonyl (C=O) groups excluding carboxylic acids is 1. The molecule has 1 heterocycles. The number of carbonyl (C=O) groups is 1. The first-order chi connectivity index (χ1) is 15.0. The number of urea groups is 1. The molecule has 0 spiro atoms. The number of furan rings is 1. The van der Waals surface area contributed by atoms with Crippen molar-refractivity contribution in [3.63, 3.8) is 0 Å². The molecule has 5 rings (SSSR count). The maximum Gasteiger partial charge on any atom is 0.326 e. The number of benzene rings is 3. The van der Waals surface area contributed by atoms with Crippen molar-refractivity contribution in [2.45, 2.75) is 19.3 Å². The van der Waals surface area contributed by atoms with Gasteiger partial charge in [0, 0.05) is 22.0 Å². The van der Waals surface area contributed by atoms with Crippen LogP contribution in [0.5, 0.6) is 0 Å². The van der Waals surface area contributed by atoms with Gasteiger partial charge >= 0.3 is 6.03 Å². The van der Waals surface area contributed by atoms with E-state index < -0.39 is 17.7 Å². The molecule has 0 saturated carbocycles. The van der Waals surface area contributed by atoms with Crippen LogP contribution in [0.25, 0.3) is 22.1 Å². The van der Waals surface area contributed by atoms with E-state index in [-0.39, 0.29) is 11.6 Å². The number of fused-ring (bicyclic) bond motifs is 2. The summed E-state index contributed by atoms with van der Waals surface area (Å²) in [5.41, 5.74) is 4.35. The largest absolute Gasteiger partial charge is 0.440 e. The molecule has 1 aromatic heterocycles. The SMILES string of the molecule is O=C(Nc1ccc(F)cc1F)Nc1oc2cc3c(cc2c1-c1ccccc1Cl)CCC3. The highest BCUT2D eigenvalue weighted by molar-refractivity contribution is 6.34. The van der Waals surface area contributed by atoms with Crippen molar-refractivity contribution in [3.05, 3.63) is 82.4 Å². The zero-order chi connectivity index (χ0) is 21.5. The van der Waals surface area contributed by atoms with Gasteiger partial charge in [-0.1, -0.05) is 29.8 Å². The second kappa shape index (κ2) is 7.71. The number of aryl methyl sites for hydroxylation is 2. The minimum Gasteiger partial charge on any atom is -0.440 e. The average Bonchev–Trinajstić information content (AvgIpc) is 3.32. The fraction of sp³-hybridized carbons (Fsp3) is 0.125. The summed E-state index contributed by atoms with van der Waals surface area (Å²) in [6.07, 6.45) is 3.08. The zero-order valence-electron chi connectivity index (χ0n) is 16.3. The molecule has 0 unspecified atom stereocenters. The van der Waals surface area contributed by atoms with E-state index in [0.717, 1.165) is 36.8 Å². The molecule has 0 atom stereocenters. The summed E-state index contributed by atoms with van der Waals surface area (Å²) >= 11 is 6.45. The van der Waals surface area contributed by atoms with Gasteiger partial charge in [0.1, 0.15) is 17.2 Å². The van der Waals surface area contributed by atoms with Gasteiger partial charge in [0.15, 0.2) is 0 Å². The highest BCUT2D eigenvalue weighted by Gasteiger charge is 2.23. The van der Waals surface area contributed by atoms with Gasteiger partial charge in [-0.25, -0.2) is 13.6 Å². The zero-order valence-corrected chi connectivity index (χ0v) is 17.0. The van der Waals surface area contributed by atoms with Crippen molar-refractivity contribution in [2.24, 2.45) is 0 Å². The van der Waals surface area contributed by atoms with E-state index in [1.165, 1.54) is 11.1 Å². The molecule has 0 radical (unpaired) electrons. The lowest BCUT2D eigenvalue weighted by atomic mass is 10.0. The van der Waals surface area contributed by atoms with E-state index in [0.29, 0.717) is 27.8 Å². The first-order valence-electron chi connectivity index (χ1n) is 9.86. The van der Waals surface area contributed by atoms with E-state index in [2.05, 4.69) is 16.7 Å². The molecule has 4 nitrogen and oxygen atoms in total. The van der Waals surface area contributed by atoms with Crippen LogP contribution in [0.1, 0.15) is 17.5 Å². The second-order valence-electron chi connectivity index (χ2n) is 7.46. The summed E-state index contributed by atoms with van der Waals surface area (Å²) in [5.74, 6) is -1.40. The van der Waals surface area contributed by atoms with Crippen molar-refractivity contribution in [1.82, 2.24) is 0 Å². The quantitative estimate of drug-likeness (QED) is 0.356. The molecule has 156 valence electrons. The first kappa shape index (κ1) is 19.6. The van der Waals surface area contributed by atoms with Crippen molar-refractivity contribution in [2.75, 3.05) is 10.6 Å². The molecule has 7 heteroatoms. The monoisotopic (exact) mass is 438 g/mol. The minimum absolute atomic E-state index is 0.145. The number of nitrogens with one attached hydrogen (secondary N) is 2. The van der Waals surface area contributed by atoms with Crippen molar-refractivity contribution in [1.29, 1.82) is 0 Å². The average molecular weight is 439 g/mol. The molecule has 2 amide bonds. The van der Waals surface area contributed by atoms with Crippen molar-refractivity contribution >= 4 is 40.2 Å². The number of hydrogen-bond donors (Lipinski definition) is 2. The lowest BCUT2D eigenvalue weighted by molar-refractivity contribution is 0.261. The predicted molar refractivity (Wildman–Crippen MR) is 118 cm³/mol. The summed E-state index contributed by atoms with van der Waals surface area (Å²) in [7, 11) is 0. The Labute approximate surface area is 181 Å². The molecule has 0 fully saturated rings. The van der Waals surface area contributed by atoms with Gasteiger partial charge < -0.3 is 9.73 Å². The summed E-state index contributed by atoms with van der Waals surface area (Å²) < 4.78 is 33.1. The van der Waals surface area contributed by atoms with Crippen LogP contribution < -0.4 is 10.6 Å². The Balaban J connectivity index is 1.57. The van der Waals surface area contributed by atoms with Crippen LogP contribution in [-0.4, -0.2) is 6.03 Å². The maximum atomic E-state index is 13.9. The van der Waals surface area contributed by atoms with E-state index in [1.807, 2.05) is 24.3 Å². The van der Waals surface area contributed by atoms with Crippen LogP contribution in [0.4, 0.5) is 25.1 Å². The van der Waals surface area contributed by atoms with Gasteiger partial charge in [-0.05, 0) is 60.7 Å². The van der Waals surface area contributed by atoms with Gasteiger partial charge in [0.05, 0.1) is 11.3 Å². The molecular formula is C24H17ClF2N2O2. The highest BCUT2D eigenvalue weighted by atomic mass is 35.5. The van der Waals surface area contributed by atoms with E-state index in [1.54, 1.807) is 6.07 Å². The molecule has 31 heavy (non-hydrogen) atoms. The van der Waals surface area contributed by atoms with Crippen LogP contribution >= 0.6 is 11.6 Å². The molecule has 0 bridgehead atoms. The third-order valence-corrected chi connectivity index (χ3v) is 5.78. The second-order valence-corrected chi connectivity index (χ2v) is 7.87. The highest BCUT2D eigenvalue weighted by Crippen LogP contribution is 2.43. The Morgan fingerprint density at radius 1 is 0.968 bits per heavy atom. The molecule has 1 aliphatic carbocycles. The van der Waals surface area contributed by atoms with Gasteiger partial charge in [-0.3, -0.25) is 5.32 Å². The Kier molecular flexibility index (Phi) is 4.87. The molecule has 2 N–H and O–H groups in total. The molecule has 0 saturated heterocycles. The van der Waals surface area contributed by atoms with Crippen LogP contribution in [0.2, 0.25) is 5.02 Å². The Bertz CT molecular complexity index is 1330. The topological polar surface area (TPSA) is 54.3 Å². The Morgan fingerprint density at radius 2 is 1.74 bits per heavy atom. The fourth-order valence-electron chi connectivity index (χ4n) is 4.03. The summed E-state index contributed by atoms with van der Waals surface area (Å²) in [4.78, 5) is 12.6. The number of hydrogen-bond acceptors (Lipinski definition) is 2. The van der Waals surface area contributed by atoms with Crippen molar-refractivity contribution in [3.8, 4) is 11.1 Å². The van der Waals surface area contributed by atoms with E-state index >= 15 is 0 Å². The minimum atomic E-state index is -0.873. The third kappa shape index (κ3) is 3.64. The van der Waals surface area contributed by atoms with Gasteiger partial charge in [0.2, 0.25) is 5.88 Å². The van der Waals surface area contributed by atoms with Crippen molar-refractivity contribution < 1.29 is 18.0 Å². The number of anilines is 2. The van der Waals surface area contributed by atoms with Gasteiger partial charge in [0.25, 0.3) is 0 Å². The van der Waals surface area contributed by atoms with Crippen LogP contribution in [0.3, 0.4) is 0 Å². The Morgan fingerprint density at radius 3 is 2.52 bits per heavy atom. The standard InChI is InChI=1S/C24H17ClF2N2O2/c25-18-7-2-1-6-16(18)22-17-10-13-4-3-5-14(13)11-21(17)31-23(22)29-24(30)28-20-9-8-15(26)12-19(20)27/h1-2,6-12H,3-5H2,(H2,28,29,30). The van der Waals surface area contributed by atoms with Crippen LogP contribution in [0.15, 0.2) is 59.0 Å². The molecule has 3 aromatic carbocycles. The summed E-state index contributed by atoms with van der Waals surface area (Å²) in [6, 6.07) is 13.6. The van der Waals surface area contributed by atoms with E-state index in [4.69, 9.17) is 16.0 Å². The smallest absolute Gasteiger partial charge is 0.326 e. The lowest BCUT2D eigenvalue weighted by Crippen LogP contribution is -2.20. The molecule has 1 aliphatic rings. The van der Waals surface area contributed by atoms with Crippen LogP contribution in [0, 0.1) is 11.6 Å².